The predicted octanol–water partition coefficient (Wildman–Crippen LogP) is 1.80. The molecule has 0 aromatic carbocycles. The third-order valence-corrected chi connectivity index (χ3v) is 5.60. The fourth-order valence-electron chi connectivity index (χ4n) is 4.29. The Morgan fingerprint density at radius 2 is 2.42 bits per heavy atom. The van der Waals surface area contributed by atoms with Gasteiger partial charge in [0, 0.05) is 25.8 Å². The number of fused-ring (bicyclic) bond motifs is 1. The van der Waals surface area contributed by atoms with E-state index in [1.54, 1.807) is 6.33 Å². The van der Waals surface area contributed by atoms with Crippen molar-refractivity contribution in [1.82, 2.24) is 19.9 Å². The van der Waals surface area contributed by atoms with Gasteiger partial charge in [-0.2, -0.15) is 0 Å². The van der Waals surface area contributed by atoms with Crippen LogP contribution in [0.15, 0.2) is 18.6 Å². The van der Waals surface area contributed by atoms with Crippen molar-refractivity contribution in [2.24, 2.45) is 5.92 Å². The van der Waals surface area contributed by atoms with Crippen LogP contribution < -0.4 is 4.90 Å². The van der Waals surface area contributed by atoms with E-state index >= 15 is 0 Å². The number of likely N-dealkylation sites (tertiary alicyclic amines) is 1. The average Bonchev–Trinajstić information content (AvgIpc) is 3.08. The molecule has 1 amide bonds. The van der Waals surface area contributed by atoms with Gasteiger partial charge >= 0.3 is 0 Å². The highest BCUT2D eigenvalue weighted by atomic mass is 16.2. The molecule has 1 N–H and O–H groups in total. The summed E-state index contributed by atoms with van der Waals surface area (Å²) in [7, 11) is 0. The molecular formula is C18H21N5O. The second-order valence-electron chi connectivity index (χ2n) is 6.85. The summed E-state index contributed by atoms with van der Waals surface area (Å²) in [5, 5.41) is 1.03. The van der Waals surface area contributed by atoms with Gasteiger partial charge in [-0.1, -0.05) is 12.8 Å². The number of anilines is 1. The first-order valence-corrected chi connectivity index (χ1v) is 8.43. The Hall–Kier alpha value is -2.55. The van der Waals surface area contributed by atoms with Crippen molar-refractivity contribution in [2.45, 2.75) is 31.7 Å². The van der Waals surface area contributed by atoms with Crippen LogP contribution in [0.5, 0.6) is 0 Å². The van der Waals surface area contributed by atoms with Gasteiger partial charge in [-0.15, -0.1) is 6.42 Å². The molecule has 2 saturated heterocycles. The van der Waals surface area contributed by atoms with Crippen LogP contribution in [0.4, 0.5) is 5.82 Å². The van der Waals surface area contributed by atoms with Gasteiger partial charge in [0.05, 0.1) is 17.3 Å². The molecule has 2 aliphatic rings. The first kappa shape index (κ1) is 15.0. The molecule has 6 heteroatoms. The molecular weight excluding hydrogens is 302 g/mol. The van der Waals surface area contributed by atoms with E-state index in [1.165, 1.54) is 0 Å². The number of rotatable bonds is 2. The van der Waals surface area contributed by atoms with Crippen LogP contribution in [0.2, 0.25) is 0 Å². The number of H-pyrrole nitrogens is 1. The van der Waals surface area contributed by atoms with Crippen LogP contribution in [-0.4, -0.2) is 50.9 Å². The molecule has 0 unspecified atom stereocenters. The third kappa shape index (κ3) is 2.08. The molecule has 2 aromatic rings. The summed E-state index contributed by atoms with van der Waals surface area (Å²) in [6.07, 6.45) is 11.1. The van der Waals surface area contributed by atoms with Gasteiger partial charge in [-0.25, -0.2) is 9.97 Å². The lowest BCUT2D eigenvalue weighted by molar-refractivity contribution is -0.156. The highest BCUT2D eigenvalue weighted by molar-refractivity contribution is 5.87. The van der Waals surface area contributed by atoms with Crippen LogP contribution in [0.1, 0.15) is 26.2 Å². The number of carbonyl (C=O) groups excluding carboxylic acids is 1. The number of aromatic nitrogens is 3. The molecule has 2 fully saturated rings. The molecule has 2 atom stereocenters. The van der Waals surface area contributed by atoms with Gasteiger partial charge in [0.15, 0.2) is 0 Å². The molecule has 0 aliphatic carbocycles. The maximum atomic E-state index is 12.4. The lowest BCUT2D eigenvalue weighted by Gasteiger charge is -2.61. The summed E-state index contributed by atoms with van der Waals surface area (Å²) in [6.45, 7) is 4.79. The zero-order valence-corrected chi connectivity index (χ0v) is 13.8. The molecule has 0 radical (unpaired) electrons. The van der Waals surface area contributed by atoms with Crippen LogP contribution in [0.3, 0.4) is 0 Å². The zero-order valence-electron chi connectivity index (χ0n) is 13.8. The van der Waals surface area contributed by atoms with Gasteiger partial charge in [-0.05, 0) is 24.8 Å². The Labute approximate surface area is 141 Å². The molecule has 0 bridgehead atoms. The second-order valence-corrected chi connectivity index (χ2v) is 6.85. The Morgan fingerprint density at radius 1 is 1.54 bits per heavy atom. The van der Waals surface area contributed by atoms with Crippen molar-refractivity contribution in [3.05, 3.63) is 18.6 Å². The molecule has 2 aliphatic heterocycles. The number of carbonyl (C=O) groups is 1. The number of piperidine rings is 1. The summed E-state index contributed by atoms with van der Waals surface area (Å²) in [5.41, 5.74) is 0.737. The first-order chi connectivity index (χ1) is 11.7. The minimum Gasteiger partial charge on any atom is -0.354 e. The maximum Gasteiger partial charge on any atom is 0.235 e. The number of terminal acetylenes is 1. The van der Waals surface area contributed by atoms with E-state index in [2.05, 4.69) is 32.7 Å². The fraction of sp³-hybridized carbons (Fsp3) is 0.500. The van der Waals surface area contributed by atoms with Crippen LogP contribution in [0.25, 0.3) is 11.0 Å². The van der Waals surface area contributed by atoms with Gasteiger partial charge in [0.2, 0.25) is 5.91 Å². The van der Waals surface area contributed by atoms with Crippen LogP contribution >= 0.6 is 0 Å². The molecule has 4 heterocycles. The Balaban J connectivity index is 1.65. The van der Waals surface area contributed by atoms with Crippen molar-refractivity contribution in [3.8, 4) is 12.3 Å². The van der Waals surface area contributed by atoms with Crippen molar-refractivity contribution >= 4 is 22.8 Å². The summed E-state index contributed by atoms with van der Waals surface area (Å²) in [5.74, 6) is 3.99. The molecule has 2 aromatic heterocycles. The number of nitrogens with zero attached hydrogens (tertiary/aromatic N) is 4. The van der Waals surface area contributed by atoms with Gasteiger partial charge in [0.1, 0.15) is 17.8 Å². The van der Waals surface area contributed by atoms with Crippen molar-refractivity contribution in [3.63, 3.8) is 0 Å². The van der Waals surface area contributed by atoms with Gasteiger partial charge in [-0.3, -0.25) is 4.79 Å². The van der Waals surface area contributed by atoms with Crippen molar-refractivity contribution in [2.75, 3.05) is 24.5 Å². The smallest absolute Gasteiger partial charge is 0.235 e. The van der Waals surface area contributed by atoms with Crippen LogP contribution in [-0.2, 0) is 4.79 Å². The first-order valence-electron chi connectivity index (χ1n) is 8.43. The van der Waals surface area contributed by atoms with E-state index in [4.69, 9.17) is 6.42 Å². The Morgan fingerprint density at radius 3 is 3.21 bits per heavy atom. The van der Waals surface area contributed by atoms with Crippen molar-refractivity contribution in [1.29, 1.82) is 0 Å². The Bertz CT molecular complexity index is 822. The number of hydrogen-bond acceptors (Lipinski definition) is 4. The molecule has 1 spiro atoms. The van der Waals surface area contributed by atoms with E-state index in [9.17, 15) is 4.79 Å². The summed E-state index contributed by atoms with van der Waals surface area (Å²) in [4.78, 5) is 28.6. The van der Waals surface area contributed by atoms with Gasteiger partial charge in [0.25, 0.3) is 0 Å². The predicted molar refractivity (Wildman–Crippen MR) is 92.4 cm³/mol. The van der Waals surface area contributed by atoms with Crippen molar-refractivity contribution < 1.29 is 4.79 Å². The van der Waals surface area contributed by atoms with Crippen LogP contribution in [0, 0.1) is 18.3 Å². The van der Waals surface area contributed by atoms with E-state index < -0.39 is 0 Å². The molecule has 4 rings (SSSR count). The minimum atomic E-state index is -0.111. The summed E-state index contributed by atoms with van der Waals surface area (Å²) in [6, 6.07) is 2.01. The second kappa shape index (κ2) is 5.52. The molecule has 6 nitrogen and oxygen atoms in total. The Kier molecular flexibility index (Phi) is 3.45. The largest absolute Gasteiger partial charge is 0.354 e. The third-order valence-electron chi connectivity index (χ3n) is 5.60. The highest BCUT2D eigenvalue weighted by Gasteiger charge is 2.54. The number of nitrogens with one attached hydrogen (secondary N) is 1. The maximum absolute atomic E-state index is 12.4. The number of hydrogen-bond donors (Lipinski definition) is 1. The lowest BCUT2D eigenvalue weighted by Crippen LogP contribution is -2.73. The quantitative estimate of drug-likeness (QED) is 0.856. The van der Waals surface area contributed by atoms with E-state index in [1.807, 2.05) is 17.2 Å². The number of amides is 1. The average molecular weight is 323 g/mol. The molecule has 24 heavy (non-hydrogen) atoms. The summed E-state index contributed by atoms with van der Waals surface area (Å²) < 4.78 is 0. The van der Waals surface area contributed by atoms with Gasteiger partial charge < -0.3 is 14.8 Å². The molecule has 0 saturated carbocycles. The number of aromatic amines is 1. The van der Waals surface area contributed by atoms with E-state index in [0.29, 0.717) is 5.92 Å². The minimum absolute atomic E-state index is 0.0759. The standard InChI is InChI=1S/C18H21N5O/c1-3-5-15(24)23-10-13(2)18(23)7-4-9-22(11-18)17-14-6-8-19-16(14)20-12-21-17/h1,6,8,12-13H,4-5,7,9-11H2,2H3,(H,19,20,21)/t13-,18-/m0/s1. The SMILES string of the molecule is C#CCC(=O)N1C[C@H](C)[C@@]12CCCN(c1ncnc3[nH]ccc13)C2. The normalized spacial score (nSPS) is 26.4. The molecule has 124 valence electrons. The topological polar surface area (TPSA) is 65.1 Å². The van der Waals surface area contributed by atoms with E-state index in [-0.39, 0.29) is 17.9 Å². The highest BCUT2D eigenvalue weighted by Crippen LogP contribution is 2.44. The monoisotopic (exact) mass is 323 g/mol. The summed E-state index contributed by atoms with van der Waals surface area (Å²) >= 11 is 0. The zero-order chi connectivity index (χ0) is 16.7. The van der Waals surface area contributed by atoms with E-state index in [0.717, 1.165) is 49.3 Å². The fourth-order valence-corrected chi connectivity index (χ4v) is 4.29. The lowest BCUT2D eigenvalue weighted by atomic mass is 9.69.